The minimum absolute atomic E-state index is 0.794. The summed E-state index contributed by atoms with van der Waals surface area (Å²) in [5.41, 5.74) is 7.24. The van der Waals surface area contributed by atoms with Crippen molar-refractivity contribution in [3.63, 3.8) is 0 Å². The lowest BCUT2D eigenvalue weighted by molar-refractivity contribution is 0.307. The van der Waals surface area contributed by atoms with Crippen molar-refractivity contribution in [3.8, 4) is 0 Å². The van der Waals surface area contributed by atoms with Crippen molar-refractivity contribution in [1.82, 2.24) is 0 Å². The SMILES string of the molecule is CC1CCC(C(C)C)C(=CCCN)C1. The molecule has 0 radical (unpaired) electrons. The summed E-state index contributed by atoms with van der Waals surface area (Å²) in [6.07, 6.45) is 7.56. The molecule has 1 heteroatoms. The highest BCUT2D eigenvalue weighted by molar-refractivity contribution is 5.11. The van der Waals surface area contributed by atoms with E-state index < -0.39 is 0 Å². The number of rotatable bonds is 3. The van der Waals surface area contributed by atoms with E-state index in [9.17, 15) is 0 Å². The molecule has 1 rings (SSSR count). The van der Waals surface area contributed by atoms with E-state index in [1.807, 2.05) is 0 Å². The Morgan fingerprint density at radius 1 is 1.43 bits per heavy atom. The Kier molecular flexibility index (Phi) is 4.67. The van der Waals surface area contributed by atoms with E-state index in [1.54, 1.807) is 5.57 Å². The van der Waals surface area contributed by atoms with Crippen LogP contribution in [0.4, 0.5) is 0 Å². The molecule has 2 atom stereocenters. The van der Waals surface area contributed by atoms with E-state index in [4.69, 9.17) is 5.73 Å². The molecule has 1 nitrogen and oxygen atoms in total. The molecule has 0 bridgehead atoms. The quantitative estimate of drug-likeness (QED) is 0.687. The van der Waals surface area contributed by atoms with Crippen molar-refractivity contribution < 1.29 is 0 Å². The van der Waals surface area contributed by atoms with Crippen LogP contribution in [0.3, 0.4) is 0 Å². The van der Waals surface area contributed by atoms with Crippen molar-refractivity contribution in [2.24, 2.45) is 23.5 Å². The van der Waals surface area contributed by atoms with Crippen LogP contribution in [0, 0.1) is 17.8 Å². The van der Waals surface area contributed by atoms with Gasteiger partial charge in [-0.05, 0) is 50.0 Å². The second kappa shape index (κ2) is 5.55. The molecule has 0 aromatic carbocycles. The van der Waals surface area contributed by atoms with E-state index in [0.29, 0.717) is 0 Å². The summed E-state index contributed by atoms with van der Waals surface area (Å²) in [6.45, 7) is 7.85. The Hall–Kier alpha value is -0.300. The van der Waals surface area contributed by atoms with Gasteiger partial charge in [0.2, 0.25) is 0 Å². The maximum Gasteiger partial charge on any atom is -0.00425 e. The van der Waals surface area contributed by atoms with Crippen LogP contribution in [-0.4, -0.2) is 6.54 Å². The highest BCUT2D eigenvalue weighted by Crippen LogP contribution is 2.37. The zero-order chi connectivity index (χ0) is 10.6. The average Bonchev–Trinajstić information content (AvgIpc) is 2.14. The molecule has 0 saturated heterocycles. The monoisotopic (exact) mass is 195 g/mol. The standard InChI is InChI=1S/C13H25N/c1-10(2)13-7-6-11(3)9-12(13)5-4-8-14/h5,10-11,13H,4,6-9,14H2,1-3H3. The van der Waals surface area contributed by atoms with Gasteiger partial charge in [0.25, 0.3) is 0 Å². The van der Waals surface area contributed by atoms with E-state index >= 15 is 0 Å². The van der Waals surface area contributed by atoms with Crippen molar-refractivity contribution >= 4 is 0 Å². The zero-order valence-electron chi connectivity index (χ0n) is 9.92. The third-order valence-electron chi connectivity index (χ3n) is 3.41. The van der Waals surface area contributed by atoms with Gasteiger partial charge < -0.3 is 5.73 Å². The minimum atomic E-state index is 0.794. The van der Waals surface area contributed by atoms with Crippen LogP contribution in [0.25, 0.3) is 0 Å². The van der Waals surface area contributed by atoms with Gasteiger partial charge in [0.05, 0.1) is 0 Å². The van der Waals surface area contributed by atoms with Crippen LogP contribution in [-0.2, 0) is 0 Å². The van der Waals surface area contributed by atoms with Gasteiger partial charge in [-0.3, -0.25) is 0 Å². The van der Waals surface area contributed by atoms with E-state index in [2.05, 4.69) is 26.8 Å². The summed E-state index contributed by atoms with van der Waals surface area (Å²) in [5, 5.41) is 0. The fraction of sp³-hybridized carbons (Fsp3) is 0.846. The number of hydrogen-bond acceptors (Lipinski definition) is 1. The van der Waals surface area contributed by atoms with Gasteiger partial charge in [-0.25, -0.2) is 0 Å². The second-order valence-corrected chi connectivity index (χ2v) is 5.09. The molecule has 0 aromatic heterocycles. The third kappa shape index (κ3) is 3.13. The molecule has 1 aliphatic rings. The Morgan fingerprint density at radius 2 is 2.14 bits per heavy atom. The molecule has 0 spiro atoms. The van der Waals surface area contributed by atoms with Gasteiger partial charge in [-0.1, -0.05) is 32.4 Å². The number of nitrogens with two attached hydrogens (primary N) is 1. The van der Waals surface area contributed by atoms with Crippen LogP contribution in [0.1, 0.15) is 46.5 Å². The molecule has 1 fully saturated rings. The average molecular weight is 195 g/mol. The lowest BCUT2D eigenvalue weighted by Gasteiger charge is -2.32. The zero-order valence-corrected chi connectivity index (χ0v) is 9.92. The summed E-state index contributed by atoms with van der Waals surface area (Å²) in [7, 11) is 0. The molecule has 2 N–H and O–H groups in total. The summed E-state index contributed by atoms with van der Waals surface area (Å²) in [4.78, 5) is 0. The van der Waals surface area contributed by atoms with Gasteiger partial charge in [-0.2, -0.15) is 0 Å². The van der Waals surface area contributed by atoms with E-state index in [1.165, 1.54) is 19.3 Å². The Labute approximate surface area is 88.8 Å². The highest BCUT2D eigenvalue weighted by atomic mass is 14.5. The van der Waals surface area contributed by atoms with Crippen molar-refractivity contribution in [1.29, 1.82) is 0 Å². The third-order valence-corrected chi connectivity index (χ3v) is 3.41. The first-order valence-corrected chi connectivity index (χ1v) is 6.04. The van der Waals surface area contributed by atoms with Gasteiger partial charge in [0.15, 0.2) is 0 Å². The van der Waals surface area contributed by atoms with Crippen molar-refractivity contribution in [3.05, 3.63) is 11.6 Å². The molecule has 14 heavy (non-hydrogen) atoms. The largest absolute Gasteiger partial charge is 0.330 e. The smallest absolute Gasteiger partial charge is 0.00425 e. The van der Waals surface area contributed by atoms with Gasteiger partial charge in [0.1, 0.15) is 0 Å². The summed E-state index contributed by atoms with van der Waals surface area (Å²) >= 11 is 0. The predicted octanol–water partition coefficient (Wildman–Crippen LogP) is 3.35. The molecule has 0 aromatic rings. The van der Waals surface area contributed by atoms with Gasteiger partial charge >= 0.3 is 0 Å². The number of allylic oxidation sites excluding steroid dienone is 1. The molecular formula is C13H25N. The molecule has 1 saturated carbocycles. The molecule has 82 valence electrons. The molecule has 1 aliphatic carbocycles. The second-order valence-electron chi connectivity index (χ2n) is 5.09. The minimum Gasteiger partial charge on any atom is -0.330 e. The lowest BCUT2D eigenvalue weighted by atomic mass is 9.73. The van der Waals surface area contributed by atoms with Crippen LogP contribution >= 0.6 is 0 Å². The van der Waals surface area contributed by atoms with E-state index in [-0.39, 0.29) is 0 Å². The lowest BCUT2D eigenvalue weighted by Crippen LogP contribution is -2.20. The van der Waals surface area contributed by atoms with Crippen molar-refractivity contribution in [2.75, 3.05) is 6.54 Å². The summed E-state index contributed by atoms with van der Waals surface area (Å²) < 4.78 is 0. The molecule has 0 amide bonds. The first-order valence-electron chi connectivity index (χ1n) is 6.04. The summed E-state index contributed by atoms with van der Waals surface area (Å²) in [5.74, 6) is 2.51. The Bertz CT molecular complexity index is 193. The predicted molar refractivity (Wildman–Crippen MR) is 63.1 cm³/mol. The van der Waals surface area contributed by atoms with Gasteiger partial charge in [0, 0.05) is 0 Å². The molecule has 0 aliphatic heterocycles. The topological polar surface area (TPSA) is 26.0 Å². The maximum atomic E-state index is 5.56. The Balaban J connectivity index is 2.63. The first kappa shape index (κ1) is 11.8. The fourth-order valence-corrected chi connectivity index (χ4v) is 2.57. The van der Waals surface area contributed by atoms with Gasteiger partial charge in [-0.15, -0.1) is 0 Å². The number of hydrogen-bond donors (Lipinski definition) is 1. The maximum absolute atomic E-state index is 5.56. The highest BCUT2D eigenvalue weighted by Gasteiger charge is 2.24. The molecule has 0 heterocycles. The fourth-order valence-electron chi connectivity index (χ4n) is 2.57. The van der Waals surface area contributed by atoms with Crippen molar-refractivity contribution in [2.45, 2.75) is 46.5 Å². The Morgan fingerprint density at radius 3 is 2.71 bits per heavy atom. The van der Waals surface area contributed by atoms with Crippen LogP contribution in [0.5, 0.6) is 0 Å². The van der Waals surface area contributed by atoms with E-state index in [0.717, 1.165) is 30.7 Å². The first-order chi connectivity index (χ1) is 6.65. The van der Waals surface area contributed by atoms with Crippen LogP contribution in [0.15, 0.2) is 11.6 Å². The van der Waals surface area contributed by atoms with Crippen LogP contribution < -0.4 is 5.73 Å². The normalized spacial score (nSPS) is 31.4. The summed E-state index contributed by atoms with van der Waals surface area (Å²) in [6, 6.07) is 0. The molecular weight excluding hydrogens is 170 g/mol. The van der Waals surface area contributed by atoms with Crippen LogP contribution in [0.2, 0.25) is 0 Å². The molecule has 2 unspecified atom stereocenters.